The van der Waals surface area contributed by atoms with Gasteiger partial charge in [0, 0.05) is 6.04 Å². The lowest BCUT2D eigenvalue weighted by Gasteiger charge is -2.18. The maximum atomic E-state index is 4.22. The van der Waals surface area contributed by atoms with Crippen molar-refractivity contribution in [2.45, 2.75) is 59.4 Å². The first-order valence-electron chi connectivity index (χ1n) is 6.73. The van der Waals surface area contributed by atoms with Gasteiger partial charge in [-0.3, -0.25) is 0 Å². The van der Waals surface area contributed by atoms with E-state index in [0.29, 0.717) is 6.04 Å². The van der Waals surface area contributed by atoms with Gasteiger partial charge in [-0.25, -0.2) is 0 Å². The number of hydrogen-bond acceptors (Lipinski definition) is 4. The molecule has 1 aromatic heterocycles. The second kappa shape index (κ2) is 7.77. The predicted molar refractivity (Wildman–Crippen MR) is 74.4 cm³/mol. The van der Waals surface area contributed by atoms with Crippen LogP contribution in [0.25, 0.3) is 0 Å². The molecule has 0 saturated heterocycles. The third kappa shape index (κ3) is 4.72. The van der Waals surface area contributed by atoms with Gasteiger partial charge >= 0.3 is 0 Å². The molecule has 0 amide bonds. The molecule has 0 fully saturated rings. The second-order valence-electron chi connectivity index (χ2n) is 4.92. The van der Waals surface area contributed by atoms with Crippen molar-refractivity contribution in [3.63, 3.8) is 0 Å². The van der Waals surface area contributed by atoms with E-state index >= 15 is 0 Å². The van der Waals surface area contributed by atoms with E-state index in [1.165, 1.54) is 29.8 Å². The van der Waals surface area contributed by atoms with Crippen LogP contribution in [0.5, 0.6) is 0 Å². The van der Waals surface area contributed by atoms with Crippen molar-refractivity contribution in [3.8, 4) is 0 Å². The van der Waals surface area contributed by atoms with Gasteiger partial charge in [0.25, 0.3) is 0 Å². The van der Waals surface area contributed by atoms with Gasteiger partial charge in [-0.15, -0.1) is 5.10 Å². The van der Waals surface area contributed by atoms with Gasteiger partial charge in [-0.2, -0.15) is 0 Å². The smallest absolute Gasteiger partial charge is 0.0800 e. The monoisotopic (exact) mass is 255 g/mol. The maximum absolute atomic E-state index is 4.22. The molecule has 1 rings (SSSR count). The van der Waals surface area contributed by atoms with Crippen LogP contribution in [0, 0.1) is 5.92 Å². The van der Waals surface area contributed by atoms with E-state index in [9.17, 15) is 0 Å². The first-order valence-corrected chi connectivity index (χ1v) is 7.50. The standard InChI is InChI=1S/C13H25N3S/c1-5-9-14-12(8-7-10(3)4)13-11(6-2)15-16-17-13/h10,12,14H,5-9H2,1-4H3. The van der Waals surface area contributed by atoms with Crippen LogP contribution in [0.2, 0.25) is 0 Å². The van der Waals surface area contributed by atoms with Gasteiger partial charge in [-0.1, -0.05) is 32.2 Å². The zero-order valence-electron chi connectivity index (χ0n) is 11.5. The maximum Gasteiger partial charge on any atom is 0.0800 e. The molecule has 1 heterocycles. The van der Waals surface area contributed by atoms with E-state index in [0.717, 1.165) is 18.9 Å². The molecule has 0 saturated carbocycles. The van der Waals surface area contributed by atoms with E-state index < -0.39 is 0 Å². The Balaban J connectivity index is 2.67. The van der Waals surface area contributed by atoms with E-state index in [4.69, 9.17) is 0 Å². The van der Waals surface area contributed by atoms with Crippen LogP contribution in [-0.2, 0) is 6.42 Å². The summed E-state index contributed by atoms with van der Waals surface area (Å²) in [6.07, 6.45) is 4.60. The Morgan fingerprint density at radius 2 is 2.00 bits per heavy atom. The average molecular weight is 255 g/mol. The lowest BCUT2D eigenvalue weighted by molar-refractivity contribution is 0.443. The van der Waals surface area contributed by atoms with Crippen molar-refractivity contribution in [3.05, 3.63) is 10.6 Å². The first-order chi connectivity index (χ1) is 8.19. The minimum Gasteiger partial charge on any atom is -0.309 e. The molecule has 0 aliphatic rings. The lowest BCUT2D eigenvalue weighted by atomic mass is 10.0. The Morgan fingerprint density at radius 1 is 1.24 bits per heavy atom. The summed E-state index contributed by atoms with van der Waals surface area (Å²) in [7, 11) is 0. The van der Waals surface area contributed by atoms with Crippen LogP contribution < -0.4 is 5.32 Å². The van der Waals surface area contributed by atoms with E-state index in [1.807, 2.05) is 0 Å². The Labute approximate surface area is 109 Å². The number of nitrogens with zero attached hydrogens (tertiary/aromatic N) is 2. The summed E-state index contributed by atoms with van der Waals surface area (Å²) in [5, 5.41) is 7.85. The van der Waals surface area contributed by atoms with Gasteiger partial charge in [-0.05, 0) is 49.7 Å². The van der Waals surface area contributed by atoms with E-state index in [-0.39, 0.29) is 0 Å². The van der Waals surface area contributed by atoms with Crippen molar-refractivity contribution in [2.24, 2.45) is 5.92 Å². The quantitative estimate of drug-likeness (QED) is 0.771. The highest BCUT2D eigenvalue weighted by atomic mass is 32.1. The summed E-state index contributed by atoms with van der Waals surface area (Å²) >= 11 is 1.56. The minimum absolute atomic E-state index is 0.451. The summed E-state index contributed by atoms with van der Waals surface area (Å²) < 4.78 is 4.10. The number of aromatic nitrogens is 2. The number of rotatable bonds is 8. The highest BCUT2D eigenvalue weighted by Gasteiger charge is 2.17. The van der Waals surface area contributed by atoms with Crippen LogP contribution >= 0.6 is 11.5 Å². The first kappa shape index (κ1) is 14.6. The number of hydrogen-bond donors (Lipinski definition) is 1. The summed E-state index contributed by atoms with van der Waals surface area (Å²) in [5.74, 6) is 0.756. The van der Waals surface area contributed by atoms with Crippen molar-refractivity contribution in [2.75, 3.05) is 6.54 Å². The molecule has 1 aromatic rings. The molecule has 1 unspecified atom stereocenters. The Kier molecular flexibility index (Phi) is 6.66. The van der Waals surface area contributed by atoms with Crippen LogP contribution in [0.15, 0.2) is 0 Å². The lowest BCUT2D eigenvalue weighted by Crippen LogP contribution is -2.22. The van der Waals surface area contributed by atoms with Crippen LogP contribution in [0.4, 0.5) is 0 Å². The average Bonchev–Trinajstić information content (AvgIpc) is 2.77. The molecule has 0 aliphatic heterocycles. The Morgan fingerprint density at radius 3 is 2.59 bits per heavy atom. The largest absolute Gasteiger partial charge is 0.309 e. The zero-order chi connectivity index (χ0) is 12.7. The molecule has 1 N–H and O–H groups in total. The van der Waals surface area contributed by atoms with Gasteiger partial charge in [0.1, 0.15) is 0 Å². The van der Waals surface area contributed by atoms with Crippen molar-refractivity contribution in [1.82, 2.24) is 14.9 Å². The van der Waals surface area contributed by atoms with Gasteiger partial charge in [0.05, 0.1) is 10.6 Å². The molecule has 0 radical (unpaired) electrons. The van der Waals surface area contributed by atoms with Gasteiger partial charge < -0.3 is 5.32 Å². The van der Waals surface area contributed by atoms with Crippen molar-refractivity contribution < 1.29 is 0 Å². The van der Waals surface area contributed by atoms with Crippen LogP contribution in [0.1, 0.15) is 63.6 Å². The van der Waals surface area contributed by atoms with Crippen LogP contribution in [-0.4, -0.2) is 16.1 Å². The topological polar surface area (TPSA) is 37.8 Å². The van der Waals surface area contributed by atoms with Crippen molar-refractivity contribution in [1.29, 1.82) is 0 Å². The fourth-order valence-electron chi connectivity index (χ4n) is 1.87. The third-order valence-electron chi connectivity index (χ3n) is 2.91. The van der Waals surface area contributed by atoms with E-state index in [2.05, 4.69) is 42.6 Å². The molecular weight excluding hydrogens is 230 g/mol. The third-order valence-corrected chi connectivity index (χ3v) is 3.79. The highest BCUT2D eigenvalue weighted by molar-refractivity contribution is 7.05. The van der Waals surface area contributed by atoms with Gasteiger partial charge in [0.2, 0.25) is 0 Å². The molecule has 0 aliphatic carbocycles. The molecule has 98 valence electrons. The van der Waals surface area contributed by atoms with Crippen molar-refractivity contribution >= 4 is 11.5 Å². The van der Waals surface area contributed by atoms with Crippen LogP contribution in [0.3, 0.4) is 0 Å². The second-order valence-corrected chi connectivity index (χ2v) is 5.70. The SMILES string of the molecule is CCCNC(CCC(C)C)c1snnc1CC. The summed E-state index contributed by atoms with van der Waals surface area (Å²) in [6, 6.07) is 0.451. The molecule has 1 atom stereocenters. The molecule has 3 nitrogen and oxygen atoms in total. The van der Waals surface area contributed by atoms with Gasteiger partial charge in [0.15, 0.2) is 0 Å². The summed E-state index contributed by atoms with van der Waals surface area (Å²) in [6.45, 7) is 9.99. The fourth-order valence-corrected chi connectivity index (χ4v) is 2.72. The molecule has 17 heavy (non-hydrogen) atoms. The molecule has 4 heteroatoms. The zero-order valence-corrected chi connectivity index (χ0v) is 12.3. The van der Waals surface area contributed by atoms with E-state index in [1.54, 1.807) is 11.5 Å². The Bertz CT molecular complexity index is 309. The number of nitrogens with one attached hydrogen (secondary N) is 1. The molecular formula is C13H25N3S. The molecule has 0 spiro atoms. The number of aryl methyl sites for hydroxylation is 1. The fraction of sp³-hybridized carbons (Fsp3) is 0.846. The minimum atomic E-state index is 0.451. The normalized spacial score (nSPS) is 13.2. The Hall–Kier alpha value is -0.480. The highest BCUT2D eigenvalue weighted by Crippen LogP contribution is 2.26. The molecule has 0 aromatic carbocycles. The molecule has 0 bridgehead atoms. The summed E-state index contributed by atoms with van der Waals surface area (Å²) in [5.41, 5.74) is 1.17. The predicted octanol–water partition coefficient (Wildman–Crippen LogP) is 3.58. The summed E-state index contributed by atoms with van der Waals surface area (Å²) in [4.78, 5) is 1.35.